The van der Waals surface area contributed by atoms with Crippen LogP contribution in [0.4, 0.5) is 5.95 Å². The second-order valence-electron chi connectivity index (χ2n) is 5.46. The van der Waals surface area contributed by atoms with Gasteiger partial charge in [0.1, 0.15) is 0 Å². The van der Waals surface area contributed by atoms with E-state index in [1.807, 2.05) is 45.9 Å². The molecule has 0 saturated heterocycles. The van der Waals surface area contributed by atoms with Crippen LogP contribution in [-0.4, -0.2) is 15.9 Å². The fourth-order valence-electron chi connectivity index (χ4n) is 1.50. The summed E-state index contributed by atoms with van der Waals surface area (Å²) in [5, 5.41) is 3.70. The van der Waals surface area contributed by atoms with Gasteiger partial charge in [0.05, 0.1) is 5.52 Å². The molecule has 1 N–H and O–H groups in total. The zero-order valence-corrected chi connectivity index (χ0v) is 11.1. The summed E-state index contributed by atoms with van der Waals surface area (Å²) >= 11 is 0. The van der Waals surface area contributed by atoms with Gasteiger partial charge in [0.15, 0.2) is 0 Å². The summed E-state index contributed by atoms with van der Waals surface area (Å²) in [5.74, 6) is 0.264. The maximum absolute atomic E-state index is 11.8. The first-order valence-corrected chi connectivity index (χ1v) is 5.91. The van der Waals surface area contributed by atoms with E-state index in [2.05, 4.69) is 15.3 Å². The molecule has 94 valence electrons. The number of aromatic nitrogens is 2. The van der Waals surface area contributed by atoms with E-state index in [0.717, 1.165) is 16.5 Å². The molecule has 2 rings (SSSR count). The molecule has 0 aliphatic carbocycles. The van der Waals surface area contributed by atoms with Crippen molar-refractivity contribution in [3.63, 3.8) is 0 Å². The second kappa shape index (κ2) is 4.37. The van der Waals surface area contributed by atoms with E-state index in [1.165, 1.54) is 0 Å². The van der Waals surface area contributed by atoms with Crippen molar-refractivity contribution in [3.8, 4) is 0 Å². The minimum absolute atomic E-state index is 0.0889. The number of fused-ring (bicyclic) bond motifs is 1. The molecular weight excluding hydrogens is 226 g/mol. The minimum Gasteiger partial charge on any atom is -0.294 e. The van der Waals surface area contributed by atoms with Gasteiger partial charge in [0, 0.05) is 17.0 Å². The fraction of sp³-hybridized carbons (Fsp3) is 0.357. The Bertz CT molecular complexity index is 600. The number of nitrogens with zero attached hydrogens (tertiary/aromatic N) is 2. The monoisotopic (exact) mass is 243 g/mol. The Morgan fingerprint density at radius 1 is 1.28 bits per heavy atom. The molecule has 1 amide bonds. The van der Waals surface area contributed by atoms with E-state index >= 15 is 0 Å². The van der Waals surface area contributed by atoms with Gasteiger partial charge in [-0.1, -0.05) is 32.4 Å². The van der Waals surface area contributed by atoms with E-state index in [-0.39, 0.29) is 5.91 Å². The topological polar surface area (TPSA) is 54.9 Å². The maximum Gasteiger partial charge on any atom is 0.232 e. The Morgan fingerprint density at radius 3 is 2.67 bits per heavy atom. The predicted molar refractivity (Wildman–Crippen MR) is 72.4 cm³/mol. The molecule has 2 aromatic rings. The Morgan fingerprint density at radius 2 is 2.00 bits per heavy atom. The van der Waals surface area contributed by atoms with Gasteiger partial charge in [0.25, 0.3) is 0 Å². The van der Waals surface area contributed by atoms with Gasteiger partial charge in [-0.2, -0.15) is 0 Å². The Balaban J connectivity index is 2.31. The summed E-state index contributed by atoms with van der Waals surface area (Å²) in [6, 6.07) is 5.94. The Labute approximate surface area is 106 Å². The van der Waals surface area contributed by atoms with Crippen molar-refractivity contribution in [3.05, 3.63) is 30.0 Å². The van der Waals surface area contributed by atoms with E-state index in [9.17, 15) is 4.79 Å². The van der Waals surface area contributed by atoms with Crippen LogP contribution in [0.3, 0.4) is 0 Å². The molecule has 0 bridgehead atoms. The van der Waals surface area contributed by atoms with Crippen LogP contribution in [0.1, 0.15) is 26.3 Å². The van der Waals surface area contributed by atoms with Crippen LogP contribution in [-0.2, 0) is 4.79 Å². The van der Waals surface area contributed by atoms with Crippen LogP contribution in [0.5, 0.6) is 0 Å². The molecule has 0 spiro atoms. The van der Waals surface area contributed by atoms with E-state index in [4.69, 9.17) is 0 Å². The lowest BCUT2D eigenvalue weighted by Gasteiger charge is -2.16. The van der Waals surface area contributed by atoms with Gasteiger partial charge in [-0.25, -0.2) is 9.97 Å². The van der Waals surface area contributed by atoms with Crippen LogP contribution in [0.2, 0.25) is 0 Å². The maximum atomic E-state index is 11.8. The first kappa shape index (κ1) is 12.5. The standard InChI is InChI=1S/C14H17N3O/c1-9-5-6-11-10(7-9)8-15-13(16-11)17-12(18)14(2,3)4/h5-8H,1-4H3,(H,15,16,17,18). The molecule has 0 fully saturated rings. The highest BCUT2D eigenvalue weighted by atomic mass is 16.2. The number of carbonyl (C=O) groups excluding carboxylic acids is 1. The smallest absolute Gasteiger partial charge is 0.232 e. The van der Waals surface area contributed by atoms with Crippen LogP contribution < -0.4 is 5.32 Å². The van der Waals surface area contributed by atoms with Gasteiger partial charge >= 0.3 is 0 Å². The lowest BCUT2D eigenvalue weighted by atomic mass is 9.96. The molecule has 4 heteroatoms. The van der Waals surface area contributed by atoms with Crippen molar-refractivity contribution in [2.24, 2.45) is 5.41 Å². The molecule has 0 atom stereocenters. The highest BCUT2D eigenvalue weighted by Crippen LogP contribution is 2.17. The largest absolute Gasteiger partial charge is 0.294 e. The molecule has 0 unspecified atom stereocenters. The van der Waals surface area contributed by atoms with Crippen molar-refractivity contribution in [2.75, 3.05) is 5.32 Å². The first-order chi connectivity index (χ1) is 8.36. The second-order valence-corrected chi connectivity index (χ2v) is 5.46. The molecule has 1 heterocycles. The summed E-state index contributed by atoms with van der Waals surface area (Å²) in [4.78, 5) is 20.3. The van der Waals surface area contributed by atoms with E-state index in [0.29, 0.717) is 5.95 Å². The van der Waals surface area contributed by atoms with Crippen molar-refractivity contribution in [1.82, 2.24) is 9.97 Å². The first-order valence-electron chi connectivity index (χ1n) is 5.91. The number of amides is 1. The molecule has 0 radical (unpaired) electrons. The zero-order chi connectivity index (χ0) is 13.3. The number of hydrogen-bond acceptors (Lipinski definition) is 3. The average molecular weight is 243 g/mol. The summed E-state index contributed by atoms with van der Waals surface area (Å²) < 4.78 is 0. The molecule has 0 aliphatic rings. The summed E-state index contributed by atoms with van der Waals surface area (Å²) in [7, 11) is 0. The van der Waals surface area contributed by atoms with E-state index < -0.39 is 5.41 Å². The third-order valence-corrected chi connectivity index (χ3v) is 2.64. The van der Waals surface area contributed by atoms with Gasteiger partial charge in [-0.3, -0.25) is 10.1 Å². The van der Waals surface area contributed by atoms with Crippen molar-refractivity contribution in [2.45, 2.75) is 27.7 Å². The fourth-order valence-corrected chi connectivity index (χ4v) is 1.50. The molecule has 1 aromatic heterocycles. The quantitative estimate of drug-likeness (QED) is 0.837. The van der Waals surface area contributed by atoms with Crippen molar-refractivity contribution >= 4 is 22.8 Å². The highest BCUT2D eigenvalue weighted by molar-refractivity contribution is 5.93. The molecule has 0 aliphatic heterocycles. The Kier molecular flexibility index (Phi) is 3.03. The molecule has 1 aromatic carbocycles. The van der Waals surface area contributed by atoms with Gasteiger partial charge in [0.2, 0.25) is 11.9 Å². The van der Waals surface area contributed by atoms with Gasteiger partial charge in [-0.05, 0) is 19.1 Å². The van der Waals surface area contributed by atoms with Crippen LogP contribution in [0, 0.1) is 12.3 Å². The van der Waals surface area contributed by atoms with Gasteiger partial charge in [-0.15, -0.1) is 0 Å². The number of nitrogens with one attached hydrogen (secondary N) is 1. The number of rotatable bonds is 1. The molecular formula is C14H17N3O. The highest BCUT2D eigenvalue weighted by Gasteiger charge is 2.21. The van der Waals surface area contributed by atoms with Crippen molar-refractivity contribution in [1.29, 1.82) is 0 Å². The van der Waals surface area contributed by atoms with Crippen molar-refractivity contribution < 1.29 is 4.79 Å². The number of benzene rings is 1. The summed E-state index contributed by atoms with van der Waals surface area (Å²) in [6.45, 7) is 7.58. The summed E-state index contributed by atoms with van der Waals surface area (Å²) in [6.07, 6.45) is 1.73. The zero-order valence-electron chi connectivity index (χ0n) is 11.1. The van der Waals surface area contributed by atoms with Crippen LogP contribution in [0.15, 0.2) is 24.4 Å². The average Bonchev–Trinajstić information content (AvgIpc) is 2.28. The molecule has 18 heavy (non-hydrogen) atoms. The summed E-state index contributed by atoms with van der Waals surface area (Å²) in [5.41, 5.74) is 1.54. The molecule has 4 nitrogen and oxygen atoms in total. The lowest BCUT2D eigenvalue weighted by Crippen LogP contribution is -2.28. The molecule has 0 saturated carbocycles. The normalized spacial score (nSPS) is 11.6. The lowest BCUT2D eigenvalue weighted by molar-refractivity contribution is -0.123. The van der Waals surface area contributed by atoms with Crippen LogP contribution in [0.25, 0.3) is 10.9 Å². The predicted octanol–water partition coefficient (Wildman–Crippen LogP) is 2.92. The third-order valence-electron chi connectivity index (χ3n) is 2.64. The number of anilines is 1. The number of aryl methyl sites for hydroxylation is 1. The van der Waals surface area contributed by atoms with Crippen LogP contribution >= 0.6 is 0 Å². The van der Waals surface area contributed by atoms with E-state index in [1.54, 1.807) is 6.20 Å². The third kappa shape index (κ3) is 2.64. The number of hydrogen-bond donors (Lipinski definition) is 1. The Hall–Kier alpha value is -1.97. The number of carbonyl (C=O) groups is 1. The van der Waals surface area contributed by atoms with Gasteiger partial charge < -0.3 is 0 Å². The SMILES string of the molecule is Cc1ccc2nc(NC(=O)C(C)(C)C)ncc2c1. The minimum atomic E-state index is -0.453.